The van der Waals surface area contributed by atoms with E-state index in [0.29, 0.717) is 106 Å². The number of piperidine rings is 2. The number of aromatic nitrogens is 4. The minimum Gasteiger partial charge on any atom is -0.495 e. The third-order valence-corrected chi connectivity index (χ3v) is 14.7. The van der Waals surface area contributed by atoms with Crippen molar-refractivity contribution in [2.75, 3.05) is 27.3 Å². The monoisotopic (exact) mass is 1180 g/mol. The number of likely N-dealkylation sites (tertiary alicyclic amines) is 1. The molecule has 4 aromatic carbocycles. The summed E-state index contributed by atoms with van der Waals surface area (Å²) in [7, 11) is 3.15. The van der Waals surface area contributed by atoms with E-state index in [4.69, 9.17) is 70.4 Å². The van der Waals surface area contributed by atoms with E-state index in [9.17, 15) is 24.9 Å². The molecule has 21 heteroatoms. The molecule has 2 atom stereocenters. The van der Waals surface area contributed by atoms with Gasteiger partial charge in [0.2, 0.25) is 0 Å². The Hall–Kier alpha value is -4.56. The van der Waals surface area contributed by atoms with E-state index in [-0.39, 0.29) is 36.5 Å². The molecule has 2 aromatic heterocycles. The second-order valence-electron chi connectivity index (χ2n) is 18.7. The average Bonchev–Trinajstić information content (AvgIpc) is 3.88. The molecule has 0 aliphatic carbocycles. The fraction of sp³-hybridized carbons (Fsp3) is 0.360. The van der Waals surface area contributed by atoms with Gasteiger partial charge < -0.3 is 44.5 Å². The Morgan fingerprint density at radius 1 is 0.690 bits per heavy atom. The zero-order valence-corrected chi connectivity index (χ0v) is 45.6. The first-order valence-corrected chi connectivity index (χ1v) is 25.5. The number of halogens is 6. The number of benzene rings is 4. The van der Waals surface area contributed by atoms with Gasteiger partial charge in [-0.2, -0.15) is 10.2 Å². The number of aliphatic hydroxyl groups excluding tert-OH is 2. The van der Waals surface area contributed by atoms with Crippen molar-refractivity contribution in [3.05, 3.63) is 112 Å². The van der Waals surface area contributed by atoms with Gasteiger partial charge in [0.25, 0.3) is 5.91 Å². The number of rotatable bonds is 6. The number of ether oxygens (including phenoxy) is 4. The molecular weight excluding hydrogens is 1130 g/mol. The highest BCUT2D eigenvalue weighted by Gasteiger charge is 2.41. The Kier molecular flexibility index (Phi) is 15.7. The number of carbonyl (C=O) groups excluding carboxylic acids is 1. The number of methoxy groups -OCH3 is 2. The summed E-state index contributed by atoms with van der Waals surface area (Å²) in [5.41, 5.74) is 4.96. The Morgan fingerprint density at radius 2 is 1.14 bits per heavy atom. The smallest absolute Gasteiger partial charge is 0.356 e. The zero-order chi connectivity index (χ0) is 51.3. The van der Waals surface area contributed by atoms with E-state index in [2.05, 4.69) is 56.1 Å². The Bertz CT molecular complexity index is 3010. The van der Waals surface area contributed by atoms with Crippen LogP contribution in [0.1, 0.15) is 85.5 Å². The van der Waals surface area contributed by atoms with Crippen LogP contribution in [0.15, 0.2) is 69.6 Å². The molecule has 10 rings (SSSR count). The van der Waals surface area contributed by atoms with Crippen molar-refractivity contribution < 1.29 is 43.9 Å². The van der Waals surface area contributed by atoms with Crippen LogP contribution < -0.4 is 24.3 Å². The Morgan fingerprint density at radius 3 is 1.55 bits per heavy atom. The maximum absolute atomic E-state index is 13.9. The Balaban J connectivity index is 0.000000166. The SMILES string of the molecule is CC1(C)CC(O)CCN1.COc1cc2c(cc1Br)-c1c(c(C(=O)N3CCC(O)CC3(C)C)nn1-c1cc(Cl)cc(Cl)c1)CO2.COc1cc2c(cc1Br)-c1c(c(C(=O)O)nn1-c1cc(Cl)cc(Cl)c1)CO2. The predicted octanol–water partition coefficient (Wildman–Crippen LogP) is 11.6. The van der Waals surface area contributed by atoms with Crippen LogP contribution in [0.25, 0.3) is 33.9 Å². The van der Waals surface area contributed by atoms with Crippen molar-refractivity contribution in [1.29, 1.82) is 0 Å². The molecule has 6 heterocycles. The topological polar surface area (TPSA) is 183 Å². The number of aromatic carboxylic acids is 1. The standard InChI is InChI=1S/C25H24BrCl2N3O4.C18H11BrCl2N2O4.C7H15NO/c1-25(2)11-16(32)4-5-30(25)24(33)22-18-12-35-20-10-21(34-3)19(26)9-17(20)23(18)31(29-22)15-7-13(27)6-14(28)8-15;1-26-15-6-14-11(5-13(15)19)17-12(7-27-14)16(18(24)25)22-23(17)10-3-8(20)2-9(21)4-10;1-7(2)5-6(9)3-4-8-7/h6-10,16,32H,4-5,11-12H2,1-3H3;2-6H,7H2,1H3,(H,24,25);6,8-9H,3-5H2,1-2H3. The Labute approximate surface area is 447 Å². The molecular formula is C50H50Br2Cl4N6O9. The van der Waals surface area contributed by atoms with Crippen molar-refractivity contribution in [1.82, 2.24) is 29.8 Å². The van der Waals surface area contributed by atoms with Crippen molar-refractivity contribution >= 4 is 90.1 Å². The van der Waals surface area contributed by atoms with Gasteiger partial charge in [0.05, 0.1) is 63.7 Å². The van der Waals surface area contributed by atoms with Crippen LogP contribution in [-0.4, -0.2) is 102 Å². The van der Waals surface area contributed by atoms with E-state index in [1.165, 1.54) is 4.68 Å². The molecule has 0 radical (unpaired) electrons. The van der Waals surface area contributed by atoms with Crippen molar-refractivity contribution in [2.24, 2.45) is 0 Å². The first-order chi connectivity index (χ1) is 33.6. The summed E-state index contributed by atoms with van der Waals surface area (Å²) in [4.78, 5) is 27.4. The maximum atomic E-state index is 13.9. The molecule has 1 amide bonds. The third kappa shape index (κ3) is 11.2. The molecule has 15 nitrogen and oxygen atoms in total. The normalized spacial score (nSPS) is 18.1. The van der Waals surface area contributed by atoms with Gasteiger partial charge in [-0.3, -0.25) is 4.79 Å². The lowest BCUT2D eigenvalue weighted by atomic mass is 9.88. The second-order valence-corrected chi connectivity index (χ2v) is 22.1. The number of aliphatic hydroxyl groups is 2. The van der Waals surface area contributed by atoms with E-state index in [1.54, 1.807) is 72.3 Å². The number of fused-ring (bicyclic) bond motifs is 6. The fourth-order valence-corrected chi connectivity index (χ4v) is 11.3. The van der Waals surface area contributed by atoms with E-state index < -0.39 is 17.6 Å². The lowest BCUT2D eigenvalue weighted by molar-refractivity contribution is 0.00273. The summed E-state index contributed by atoms with van der Waals surface area (Å²) < 4.78 is 27.3. The summed E-state index contributed by atoms with van der Waals surface area (Å²) in [5, 5.41) is 43.1. The van der Waals surface area contributed by atoms with Gasteiger partial charge in [-0.15, -0.1) is 0 Å². The number of carboxylic acids is 1. The van der Waals surface area contributed by atoms with E-state index >= 15 is 0 Å². The summed E-state index contributed by atoms with van der Waals surface area (Å²) in [6, 6.07) is 17.3. The highest BCUT2D eigenvalue weighted by atomic mass is 79.9. The highest BCUT2D eigenvalue weighted by molar-refractivity contribution is 9.11. The molecule has 0 spiro atoms. The number of nitrogens with one attached hydrogen (secondary N) is 1. The molecule has 4 N–H and O–H groups in total. The molecule has 0 bridgehead atoms. The second kappa shape index (κ2) is 21.1. The highest BCUT2D eigenvalue weighted by Crippen LogP contribution is 2.47. The molecule has 4 aliphatic heterocycles. The molecule has 0 saturated carbocycles. The van der Waals surface area contributed by atoms with Crippen LogP contribution in [0.3, 0.4) is 0 Å². The summed E-state index contributed by atoms with van der Waals surface area (Å²) >= 11 is 31.9. The lowest BCUT2D eigenvalue weighted by Gasteiger charge is -2.44. The van der Waals surface area contributed by atoms with Crippen LogP contribution in [0, 0.1) is 0 Å². The number of hydrogen-bond donors (Lipinski definition) is 4. The van der Waals surface area contributed by atoms with Gasteiger partial charge in [-0.25, -0.2) is 14.2 Å². The fourth-order valence-electron chi connectivity index (χ4n) is 9.27. The summed E-state index contributed by atoms with van der Waals surface area (Å²) in [5.74, 6) is 1.07. The molecule has 2 fully saturated rings. The van der Waals surface area contributed by atoms with Gasteiger partial charge in [-0.05, 0) is 140 Å². The summed E-state index contributed by atoms with van der Waals surface area (Å²) in [6.07, 6.45) is 2.29. The maximum Gasteiger partial charge on any atom is 0.356 e. The average molecular weight is 1180 g/mol. The van der Waals surface area contributed by atoms with E-state index in [1.807, 2.05) is 26.0 Å². The van der Waals surface area contributed by atoms with Crippen LogP contribution >= 0.6 is 78.3 Å². The number of nitrogens with zero attached hydrogens (tertiary/aromatic N) is 5. The zero-order valence-electron chi connectivity index (χ0n) is 39.4. The number of amides is 1. The van der Waals surface area contributed by atoms with Crippen molar-refractivity contribution in [3.63, 3.8) is 0 Å². The summed E-state index contributed by atoms with van der Waals surface area (Å²) in [6.45, 7) is 9.80. The third-order valence-electron chi connectivity index (χ3n) is 12.5. The van der Waals surface area contributed by atoms with Gasteiger partial charge in [0.15, 0.2) is 11.4 Å². The minimum atomic E-state index is -1.14. The molecule has 71 heavy (non-hydrogen) atoms. The van der Waals surface area contributed by atoms with Gasteiger partial charge in [0.1, 0.15) is 36.2 Å². The van der Waals surface area contributed by atoms with Crippen molar-refractivity contribution in [2.45, 2.75) is 89.9 Å². The van der Waals surface area contributed by atoms with E-state index in [0.717, 1.165) is 35.1 Å². The molecule has 4 aliphatic rings. The van der Waals surface area contributed by atoms with Gasteiger partial charge >= 0.3 is 5.97 Å². The first kappa shape index (κ1) is 52.8. The van der Waals surface area contributed by atoms with Crippen LogP contribution in [-0.2, 0) is 13.2 Å². The quantitative estimate of drug-likeness (QED) is 0.124. The van der Waals surface area contributed by atoms with Crippen LogP contribution in [0.5, 0.6) is 23.0 Å². The molecule has 2 unspecified atom stereocenters. The van der Waals surface area contributed by atoms with Crippen molar-refractivity contribution in [3.8, 4) is 56.9 Å². The molecule has 6 aromatic rings. The number of carbonyl (C=O) groups is 2. The van der Waals surface area contributed by atoms with Crippen LogP contribution in [0.4, 0.5) is 0 Å². The lowest BCUT2D eigenvalue weighted by Crippen LogP contribution is -2.54. The minimum absolute atomic E-state index is 0.0725. The predicted molar refractivity (Wildman–Crippen MR) is 280 cm³/mol. The number of hydrogen-bond acceptors (Lipinski definition) is 11. The largest absolute Gasteiger partial charge is 0.495 e. The van der Waals surface area contributed by atoms with Crippen LogP contribution in [0.2, 0.25) is 20.1 Å². The van der Waals surface area contributed by atoms with Gasteiger partial charge in [-0.1, -0.05) is 46.4 Å². The molecule has 2 saturated heterocycles. The number of carboxylic acid groups (broad SMARTS) is 1. The van der Waals surface area contributed by atoms with Gasteiger partial charge in [0, 0.05) is 66.5 Å². The molecule has 376 valence electrons. The first-order valence-electron chi connectivity index (χ1n) is 22.4.